The normalized spacial score (nSPS) is 10.8. The Labute approximate surface area is 165 Å². The van der Waals surface area contributed by atoms with Crippen molar-refractivity contribution in [3.8, 4) is 17.5 Å². The standard InChI is InChI=1S/C20H17FN6O2/c1-29-20-26-18(16-13-6-3-7-14(17(22)28)15(13)10-23-16)25-19(27-20)24-9-11-4-2-5-12(21)8-11/h2-8,10,23H,9H2,1H3,(H2,22,28)(H,24,25,26,27). The van der Waals surface area contributed by atoms with Crippen molar-refractivity contribution >= 4 is 22.6 Å². The number of ether oxygens (including phenoxy) is 1. The van der Waals surface area contributed by atoms with Crippen LogP contribution in [0.25, 0.3) is 22.3 Å². The second kappa shape index (κ2) is 7.55. The summed E-state index contributed by atoms with van der Waals surface area (Å²) < 4.78 is 18.6. The monoisotopic (exact) mass is 392 g/mol. The Balaban J connectivity index is 1.71. The quantitative estimate of drug-likeness (QED) is 0.464. The highest BCUT2D eigenvalue weighted by atomic mass is 19.1. The Morgan fingerprint density at radius 1 is 1.17 bits per heavy atom. The van der Waals surface area contributed by atoms with Gasteiger partial charge in [0.2, 0.25) is 11.9 Å². The van der Waals surface area contributed by atoms with Crippen LogP contribution in [0.15, 0.2) is 48.7 Å². The van der Waals surface area contributed by atoms with Gasteiger partial charge in [-0.05, 0) is 23.8 Å². The summed E-state index contributed by atoms with van der Waals surface area (Å²) in [6.45, 7) is 0.321. The number of hydrogen-bond acceptors (Lipinski definition) is 6. The minimum atomic E-state index is -0.521. The van der Waals surface area contributed by atoms with Gasteiger partial charge in [-0.3, -0.25) is 4.79 Å². The van der Waals surface area contributed by atoms with E-state index in [1.54, 1.807) is 30.5 Å². The average Bonchev–Trinajstić information content (AvgIpc) is 3.16. The number of H-pyrrole nitrogens is 1. The summed E-state index contributed by atoms with van der Waals surface area (Å²) in [7, 11) is 1.45. The first kappa shape index (κ1) is 18.4. The van der Waals surface area contributed by atoms with Crippen molar-refractivity contribution in [1.82, 2.24) is 19.9 Å². The lowest BCUT2D eigenvalue weighted by Gasteiger charge is -2.08. The minimum absolute atomic E-state index is 0.116. The maximum Gasteiger partial charge on any atom is 0.321 e. The second-order valence-electron chi connectivity index (χ2n) is 6.25. The molecule has 4 N–H and O–H groups in total. The zero-order valence-corrected chi connectivity index (χ0v) is 15.4. The third-order valence-electron chi connectivity index (χ3n) is 4.36. The number of rotatable bonds is 6. The highest BCUT2D eigenvalue weighted by Crippen LogP contribution is 2.29. The van der Waals surface area contributed by atoms with E-state index in [-0.39, 0.29) is 17.8 Å². The molecule has 146 valence electrons. The molecule has 8 nitrogen and oxygen atoms in total. The van der Waals surface area contributed by atoms with Crippen molar-refractivity contribution in [2.45, 2.75) is 6.54 Å². The van der Waals surface area contributed by atoms with Gasteiger partial charge >= 0.3 is 6.01 Å². The summed E-state index contributed by atoms with van der Waals surface area (Å²) in [6, 6.07) is 11.6. The van der Waals surface area contributed by atoms with E-state index in [2.05, 4.69) is 25.3 Å². The summed E-state index contributed by atoms with van der Waals surface area (Å²) in [6.07, 6.45) is 1.68. The summed E-state index contributed by atoms with van der Waals surface area (Å²) >= 11 is 0. The van der Waals surface area contributed by atoms with Gasteiger partial charge in [-0.2, -0.15) is 15.0 Å². The number of anilines is 1. The molecule has 2 aromatic carbocycles. The molecule has 9 heteroatoms. The Morgan fingerprint density at radius 3 is 2.76 bits per heavy atom. The molecular weight excluding hydrogens is 375 g/mol. The van der Waals surface area contributed by atoms with Gasteiger partial charge in [0.25, 0.3) is 0 Å². The number of benzene rings is 2. The van der Waals surface area contributed by atoms with Crippen molar-refractivity contribution in [2.24, 2.45) is 5.73 Å². The van der Waals surface area contributed by atoms with E-state index in [4.69, 9.17) is 10.5 Å². The SMILES string of the molecule is COc1nc(NCc2cccc(F)c2)nc(-c2[nH]cc3c(C(N)=O)cccc23)n1. The van der Waals surface area contributed by atoms with Gasteiger partial charge in [0, 0.05) is 29.1 Å². The number of amides is 1. The fourth-order valence-corrected chi connectivity index (χ4v) is 3.03. The van der Waals surface area contributed by atoms with Crippen LogP contribution in [0.3, 0.4) is 0 Å². The molecule has 0 aliphatic rings. The first-order valence-electron chi connectivity index (χ1n) is 8.74. The van der Waals surface area contributed by atoms with Crippen LogP contribution in [-0.2, 0) is 6.54 Å². The molecule has 2 aromatic heterocycles. The molecule has 0 spiro atoms. The molecule has 0 fully saturated rings. The Kier molecular flexibility index (Phi) is 4.78. The van der Waals surface area contributed by atoms with E-state index >= 15 is 0 Å². The molecule has 0 saturated heterocycles. The number of nitrogens with one attached hydrogen (secondary N) is 2. The molecule has 0 saturated carbocycles. The van der Waals surface area contributed by atoms with Crippen LogP contribution >= 0.6 is 0 Å². The van der Waals surface area contributed by atoms with Crippen LogP contribution < -0.4 is 15.8 Å². The number of aromatic nitrogens is 4. The number of carbonyl (C=O) groups is 1. The van der Waals surface area contributed by atoms with Gasteiger partial charge < -0.3 is 20.8 Å². The highest BCUT2D eigenvalue weighted by molar-refractivity contribution is 6.09. The molecule has 1 amide bonds. The van der Waals surface area contributed by atoms with Gasteiger partial charge in [0.15, 0.2) is 5.82 Å². The van der Waals surface area contributed by atoms with E-state index in [1.807, 2.05) is 6.07 Å². The van der Waals surface area contributed by atoms with Gasteiger partial charge in [-0.25, -0.2) is 4.39 Å². The van der Waals surface area contributed by atoms with Crippen LogP contribution in [0.2, 0.25) is 0 Å². The molecule has 29 heavy (non-hydrogen) atoms. The lowest BCUT2D eigenvalue weighted by atomic mass is 10.1. The van der Waals surface area contributed by atoms with Crippen molar-refractivity contribution in [2.75, 3.05) is 12.4 Å². The predicted molar refractivity (Wildman–Crippen MR) is 106 cm³/mol. The number of nitrogens with zero attached hydrogens (tertiary/aromatic N) is 3. The number of hydrogen-bond donors (Lipinski definition) is 3. The molecule has 2 heterocycles. The Morgan fingerprint density at radius 2 is 2.00 bits per heavy atom. The van der Waals surface area contributed by atoms with E-state index in [0.717, 1.165) is 10.9 Å². The highest BCUT2D eigenvalue weighted by Gasteiger charge is 2.16. The molecule has 0 atom stereocenters. The average molecular weight is 392 g/mol. The molecule has 0 aliphatic heterocycles. The lowest BCUT2D eigenvalue weighted by molar-refractivity contribution is 0.100. The fraction of sp³-hybridized carbons (Fsp3) is 0.100. The smallest absolute Gasteiger partial charge is 0.321 e. The van der Waals surface area contributed by atoms with Crippen LogP contribution in [0.5, 0.6) is 6.01 Å². The van der Waals surface area contributed by atoms with E-state index < -0.39 is 5.91 Å². The van der Waals surface area contributed by atoms with Gasteiger partial charge in [0.05, 0.1) is 12.8 Å². The van der Waals surface area contributed by atoms with Crippen molar-refractivity contribution in [1.29, 1.82) is 0 Å². The molecule has 0 bridgehead atoms. The van der Waals surface area contributed by atoms with Gasteiger partial charge in [-0.15, -0.1) is 0 Å². The van der Waals surface area contributed by atoms with E-state index in [0.29, 0.717) is 29.0 Å². The van der Waals surface area contributed by atoms with Crippen LogP contribution in [0, 0.1) is 5.82 Å². The first-order valence-corrected chi connectivity index (χ1v) is 8.74. The maximum atomic E-state index is 13.4. The summed E-state index contributed by atoms with van der Waals surface area (Å²) in [5.41, 5.74) is 7.18. The largest absolute Gasteiger partial charge is 0.467 e. The number of halogens is 1. The first-order chi connectivity index (χ1) is 14.0. The fourth-order valence-electron chi connectivity index (χ4n) is 3.03. The number of methoxy groups -OCH3 is 1. The predicted octanol–water partition coefficient (Wildman–Crippen LogP) is 2.88. The zero-order valence-electron chi connectivity index (χ0n) is 15.4. The summed E-state index contributed by atoms with van der Waals surface area (Å²) in [5, 5.41) is 4.46. The lowest BCUT2D eigenvalue weighted by Crippen LogP contribution is -2.10. The van der Waals surface area contributed by atoms with Crippen molar-refractivity contribution in [3.05, 3.63) is 65.6 Å². The van der Waals surface area contributed by atoms with Crippen LogP contribution in [-0.4, -0.2) is 33.0 Å². The van der Waals surface area contributed by atoms with Crippen molar-refractivity contribution < 1.29 is 13.9 Å². The van der Waals surface area contributed by atoms with Crippen LogP contribution in [0.1, 0.15) is 15.9 Å². The molecule has 4 rings (SSSR count). The topological polar surface area (TPSA) is 119 Å². The maximum absolute atomic E-state index is 13.4. The zero-order chi connectivity index (χ0) is 20.4. The number of primary amides is 1. The van der Waals surface area contributed by atoms with E-state index in [1.165, 1.54) is 19.2 Å². The summed E-state index contributed by atoms with van der Waals surface area (Å²) in [5.74, 6) is -0.242. The number of aromatic amines is 1. The van der Waals surface area contributed by atoms with Gasteiger partial charge in [0.1, 0.15) is 5.82 Å². The van der Waals surface area contributed by atoms with Crippen LogP contribution in [0.4, 0.5) is 10.3 Å². The number of carbonyl (C=O) groups excluding carboxylic acids is 1. The Hall–Kier alpha value is -4.01. The van der Waals surface area contributed by atoms with E-state index in [9.17, 15) is 9.18 Å². The molecule has 0 radical (unpaired) electrons. The molecule has 4 aromatic rings. The number of fused-ring (bicyclic) bond motifs is 1. The third-order valence-corrected chi connectivity index (χ3v) is 4.36. The second-order valence-corrected chi connectivity index (χ2v) is 6.25. The minimum Gasteiger partial charge on any atom is -0.467 e. The van der Waals surface area contributed by atoms with Crippen molar-refractivity contribution in [3.63, 3.8) is 0 Å². The molecule has 0 unspecified atom stereocenters. The number of nitrogens with two attached hydrogens (primary N) is 1. The third kappa shape index (κ3) is 3.70. The Bertz CT molecular complexity index is 1210. The summed E-state index contributed by atoms with van der Waals surface area (Å²) in [4.78, 5) is 27.7. The molecule has 0 aliphatic carbocycles. The van der Waals surface area contributed by atoms with Gasteiger partial charge in [-0.1, -0.05) is 24.3 Å². The molecular formula is C20H17FN6O2.